The van der Waals surface area contributed by atoms with Crippen LogP contribution in [0.1, 0.15) is 55.6 Å². The van der Waals surface area contributed by atoms with Gasteiger partial charge in [0.2, 0.25) is 0 Å². The lowest BCUT2D eigenvalue weighted by Crippen LogP contribution is -2.29. The van der Waals surface area contributed by atoms with Gasteiger partial charge in [-0.3, -0.25) is 4.79 Å². The summed E-state index contributed by atoms with van der Waals surface area (Å²) >= 11 is 0. The molecule has 1 aromatic heterocycles. The summed E-state index contributed by atoms with van der Waals surface area (Å²) in [5.74, 6) is -0.0347. The zero-order chi connectivity index (χ0) is 13.0. The summed E-state index contributed by atoms with van der Waals surface area (Å²) < 4.78 is 2.10. The molecule has 1 fully saturated rings. The summed E-state index contributed by atoms with van der Waals surface area (Å²) in [5, 5.41) is 12.0. The Labute approximate surface area is 108 Å². The van der Waals surface area contributed by atoms with Crippen LogP contribution in [-0.4, -0.2) is 28.2 Å². The molecule has 1 amide bonds. The minimum Gasteiger partial charge on any atom is -0.393 e. The van der Waals surface area contributed by atoms with Crippen LogP contribution < -0.4 is 5.32 Å². The largest absolute Gasteiger partial charge is 0.393 e. The highest BCUT2D eigenvalue weighted by Gasteiger charge is 2.20. The van der Waals surface area contributed by atoms with E-state index in [0.29, 0.717) is 19.0 Å². The average molecular weight is 250 g/mol. The molecule has 2 rings (SSSR count). The van der Waals surface area contributed by atoms with E-state index in [4.69, 9.17) is 5.11 Å². The Morgan fingerprint density at radius 1 is 1.56 bits per heavy atom. The fourth-order valence-corrected chi connectivity index (χ4v) is 2.57. The van der Waals surface area contributed by atoms with E-state index in [-0.39, 0.29) is 12.0 Å². The molecule has 4 heteroatoms. The van der Waals surface area contributed by atoms with Crippen LogP contribution in [0.25, 0.3) is 0 Å². The van der Waals surface area contributed by atoms with Gasteiger partial charge in [0.25, 0.3) is 5.91 Å². The molecule has 1 aromatic rings. The van der Waals surface area contributed by atoms with E-state index in [1.807, 2.05) is 18.3 Å². The van der Waals surface area contributed by atoms with Crippen molar-refractivity contribution in [3.63, 3.8) is 0 Å². The van der Waals surface area contributed by atoms with Crippen molar-refractivity contribution in [2.75, 3.05) is 6.54 Å². The van der Waals surface area contributed by atoms with Gasteiger partial charge >= 0.3 is 0 Å². The normalized spacial score (nSPS) is 17.9. The van der Waals surface area contributed by atoms with E-state index < -0.39 is 0 Å². The number of carbonyl (C=O) groups excluding carboxylic acids is 1. The van der Waals surface area contributed by atoms with Crippen LogP contribution in [0.15, 0.2) is 18.3 Å². The van der Waals surface area contributed by atoms with Crippen molar-refractivity contribution in [1.82, 2.24) is 9.88 Å². The summed E-state index contributed by atoms with van der Waals surface area (Å²) in [6, 6.07) is 4.29. The molecule has 1 unspecified atom stereocenters. The number of nitrogens with zero attached hydrogens (tertiary/aromatic N) is 1. The highest BCUT2D eigenvalue weighted by atomic mass is 16.3. The summed E-state index contributed by atoms with van der Waals surface area (Å²) in [4.78, 5) is 12.1. The van der Waals surface area contributed by atoms with Crippen LogP contribution in [0, 0.1) is 0 Å². The van der Waals surface area contributed by atoms with Gasteiger partial charge in [-0.05, 0) is 38.3 Å². The maximum absolute atomic E-state index is 12.1. The Kier molecular flexibility index (Phi) is 4.42. The van der Waals surface area contributed by atoms with Gasteiger partial charge in [-0.2, -0.15) is 0 Å². The third-order valence-corrected chi connectivity index (χ3v) is 3.58. The number of carbonyl (C=O) groups is 1. The van der Waals surface area contributed by atoms with Crippen molar-refractivity contribution in [3.8, 4) is 0 Å². The van der Waals surface area contributed by atoms with Gasteiger partial charge < -0.3 is 15.0 Å². The van der Waals surface area contributed by atoms with Crippen LogP contribution >= 0.6 is 0 Å². The van der Waals surface area contributed by atoms with Crippen LogP contribution in [0.3, 0.4) is 0 Å². The molecule has 100 valence electrons. The van der Waals surface area contributed by atoms with Crippen LogP contribution in [0.2, 0.25) is 0 Å². The summed E-state index contributed by atoms with van der Waals surface area (Å²) in [7, 11) is 0. The molecule has 0 spiro atoms. The third kappa shape index (κ3) is 3.13. The van der Waals surface area contributed by atoms with E-state index in [1.54, 1.807) is 6.92 Å². The number of nitrogens with one attached hydrogen (secondary N) is 1. The van der Waals surface area contributed by atoms with Crippen molar-refractivity contribution in [2.45, 2.75) is 51.2 Å². The Bertz CT molecular complexity index is 392. The van der Waals surface area contributed by atoms with Crippen LogP contribution in [0.4, 0.5) is 0 Å². The first-order valence-corrected chi connectivity index (χ1v) is 6.81. The van der Waals surface area contributed by atoms with Gasteiger partial charge in [0.05, 0.1) is 6.10 Å². The van der Waals surface area contributed by atoms with Gasteiger partial charge in [-0.25, -0.2) is 0 Å². The van der Waals surface area contributed by atoms with Gasteiger partial charge in [0.15, 0.2) is 0 Å². The molecule has 0 aliphatic heterocycles. The third-order valence-electron chi connectivity index (χ3n) is 3.58. The Morgan fingerprint density at radius 2 is 2.28 bits per heavy atom. The van der Waals surface area contributed by atoms with Crippen LogP contribution in [0.5, 0.6) is 0 Å². The smallest absolute Gasteiger partial charge is 0.267 e. The van der Waals surface area contributed by atoms with Crippen LogP contribution in [-0.2, 0) is 0 Å². The molecule has 0 radical (unpaired) electrons. The molecule has 4 nitrogen and oxygen atoms in total. The molecular formula is C14H22N2O2. The number of aromatic nitrogens is 1. The number of aliphatic hydroxyl groups is 1. The molecule has 18 heavy (non-hydrogen) atoms. The molecule has 0 bridgehead atoms. The highest BCUT2D eigenvalue weighted by molar-refractivity contribution is 5.92. The number of hydrogen-bond acceptors (Lipinski definition) is 2. The Hall–Kier alpha value is -1.29. The van der Waals surface area contributed by atoms with E-state index in [9.17, 15) is 4.79 Å². The Morgan fingerprint density at radius 3 is 2.94 bits per heavy atom. The first-order valence-electron chi connectivity index (χ1n) is 6.81. The van der Waals surface area contributed by atoms with Crippen molar-refractivity contribution in [2.24, 2.45) is 0 Å². The molecule has 1 atom stereocenters. The number of amides is 1. The number of rotatable bonds is 5. The minimum atomic E-state index is -0.369. The van der Waals surface area contributed by atoms with E-state index in [0.717, 1.165) is 5.69 Å². The molecule has 1 saturated carbocycles. The van der Waals surface area contributed by atoms with Gasteiger partial charge in [0, 0.05) is 18.8 Å². The SMILES string of the molecule is CC(O)CCNC(=O)c1cccn1C1CCCC1. The van der Waals surface area contributed by atoms with Crippen molar-refractivity contribution in [1.29, 1.82) is 0 Å². The average Bonchev–Trinajstić information content (AvgIpc) is 2.99. The lowest BCUT2D eigenvalue weighted by Gasteiger charge is -2.16. The van der Waals surface area contributed by atoms with Gasteiger partial charge in [-0.1, -0.05) is 12.8 Å². The van der Waals surface area contributed by atoms with E-state index in [1.165, 1.54) is 25.7 Å². The van der Waals surface area contributed by atoms with Crippen molar-refractivity contribution in [3.05, 3.63) is 24.0 Å². The van der Waals surface area contributed by atoms with E-state index >= 15 is 0 Å². The maximum Gasteiger partial charge on any atom is 0.267 e. The molecule has 1 aliphatic rings. The van der Waals surface area contributed by atoms with Crippen molar-refractivity contribution < 1.29 is 9.90 Å². The zero-order valence-electron chi connectivity index (χ0n) is 10.9. The van der Waals surface area contributed by atoms with Gasteiger partial charge in [-0.15, -0.1) is 0 Å². The first kappa shape index (κ1) is 13.1. The second-order valence-corrected chi connectivity index (χ2v) is 5.13. The monoisotopic (exact) mass is 250 g/mol. The molecule has 1 heterocycles. The summed E-state index contributed by atoms with van der Waals surface area (Å²) in [5.41, 5.74) is 0.743. The summed E-state index contributed by atoms with van der Waals surface area (Å²) in [6.07, 6.45) is 7.07. The lowest BCUT2D eigenvalue weighted by molar-refractivity contribution is 0.0934. The lowest BCUT2D eigenvalue weighted by atomic mass is 10.2. The Balaban J connectivity index is 1.95. The number of aliphatic hydroxyl groups excluding tert-OH is 1. The number of hydrogen-bond donors (Lipinski definition) is 2. The minimum absolute atomic E-state index is 0.0347. The molecule has 0 saturated heterocycles. The second-order valence-electron chi connectivity index (χ2n) is 5.13. The molecule has 2 N–H and O–H groups in total. The standard InChI is InChI=1S/C14H22N2O2/c1-11(17)8-9-15-14(18)13-7-4-10-16(13)12-5-2-3-6-12/h4,7,10-12,17H,2-3,5-6,8-9H2,1H3,(H,15,18). The fraction of sp³-hybridized carbons (Fsp3) is 0.643. The molecule has 0 aromatic carbocycles. The predicted molar refractivity (Wildman–Crippen MR) is 70.6 cm³/mol. The zero-order valence-corrected chi connectivity index (χ0v) is 10.9. The predicted octanol–water partition coefficient (Wildman–Crippen LogP) is 2.10. The molecule has 1 aliphatic carbocycles. The quantitative estimate of drug-likeness (QED) is 0.841. The first-order chi connectivity index (χ1) is 8.68. The van der Waals surface area contributed by atoms with Crippen molar-refractivity contribution >= 4 is 5.91 Å². The highest BCUT2D eigenvalue weighted by Crippen LogP contribution is 2.30. The maximum atomic E-state index is 12.1. The second kappa shape index (κ2) is 6.05. The molecular weight excluding hydrogens is 228 g/mol. The topological polar surface area (TPSA) is 54.3 Å². The van der Waals surface area contributed by atoms with Gasteiger partial charge in [0.1, 0.15) is 5.69 Å². The van der Waals surface area contributed by atoms with E-state index in [2.05, 4.69) is 9.88 Å². The summed E-state index contributed by atoms with van der Waals surface area (Å²) in [6.45, 7) is 2.25. The fourth-order valence-electron chi connectivity index (χ4n) is 2.57.